The summed E-state index contributed by atoms with van der Waals surface area (Å²) in [5.41, 5.74) is 2.63. The average Bonchev–Trinajstić information content (AvgIpc) is 3.57. The van der Waals surface area contributed by atoms with E-state index in [0.29, 0.717) is 41.1 Å². The Morgan fingerprint density at radius 1 is 1.15 bits per heavy atom. The van der Waals surface area contributed by atoms with Gasteiger partial charge in [0.25, 0.3) is 0 Å². The van der Waals surface area contributed by atoms with E-state index in [0.717, 1.165) is 25.0 Å². The smallest absolute Gasteiger partial charge is 0.246 e. The van der Waals surface area contributed by atoms with E-state index in [1.807, 2.05) is 25.3 Å². The minimum Gasteiger partial charge on any atom is -0.353 e. The van der Waals surface area contributed by atoms with E-state index in [4.69, 9.17) is 9.47 Å². The minimum atomic E-state index is -0.303. The highest BCUT2D eigenvalue weighted by atomic mass is 16.7. The van der Waals surface area contributed by atoms with E-state index < -0.39 is 0 Å². The van der Waals surface area contributed by atoms with Crippen LogP contribution in [0, 0.1) is 0 Å². The second-order valence-electron chi connectivity index (χ2n) is 10.0. The molecule has 0 saturated carbocycles. The third-order valence-corrected chi connectivity index (χ3v) is 6.61. The fraction of sp³-hybridized carbons (Fsp3) is 0.444. The number of nitrogens with zero attached hydrogens (tertiary/aromatic N) is 7. The Kier molecular flexibility index (Phi) is 8.03. The summed E-state index contributed by atoms with van der Waals surface area (Å²) in [7, 11) is 0. The van der Waals surface area contributed by atoms with E-state index >= 15 is 0 Å². The number of ketones is 1. The highest BCUT2D eigenvalue weighted by Crippen LogP contribution is 2.26. The zero-order valence-electron chi connectivity index (χ0n) is 22.3. The Morgan fingerprint density at radius 2 is 2.03 bits per heavy atom. The number of fused-ring (bicyclic) bond motifs is 1. The molecule has 2 atom stereocenters. The van der Waals surface area contributed by atoms with Gasteiger partial charge < -0.3 is 19.4 Å². The van der Waals surface area contributed by atoms with E-state index in [2.05, 4.69) is 30.6 Å². The van der Waals surface area contributed by atoms with Crippen LogP contribution in [0.2, 0.25) is 0 Å². The minimum absolute atomic E-state index is 0.00538. The Balaban J connectivity index is 1.31. The maximum atomic E-state index is 13.6. The van der Waals surface area contributed by atoms with E-state index in [-0.39, 0.29) is 36.5 Å². The van der Waals surface area contributed by atoms with Crippen LogP contribution >= 0.6 is 0 Å². The van der Waals surface area contributed by atoms with Gasteiger partial charge in [0.1, 0.15) is 18.5 Å². The fourth-order valence-electron chi connectivity index (χ4n) is 4.47. The normalized spacial score (nSPS) is 16.5. The van der Waals surface area contributed by atoms with E-state index in [1.165, 1.54) is 23.4 Å². The third-order valence-electron chi connectivity index (χ3n) is 6.61. The van der Waals surface area contributed by atoms with Crippen LogP contribution in [0.15, 0.2) is 43.4 Å². The van der Waals surface area contributed by atoms with Gasteiger partial charge in [-0.3, -0.25) is 14.6 Å². The average molecular weight is 533 g/mol. The van der Waals surface area contributed by atoms with Gasteiger partial charge in [-0.1, -0.05) is 19.1 Å². The van der Waals surface area contributed by atoms with Crippen molar-refractivity contribution < 1.29 is 19.1 Å². The molecule has 1 N–H and O–H groups in total. The number of pyridine rings is 1. The lowest BCUT2D eigenvalue weighted by Gasteiger charge is -2.24. The first kappa shape index (κ1) is 26.6. The lowest BCUT2D eigenvalue weighted by molar-refractivity contribution is -0.166. The van der Waals surface area contributed by atoms with Gasteiger partial charge in [0.15, 0.2) is 12.1 Å². The van der Waals surface area contributed by atoms with Crippen LogP contribution in [0.25, 0.3) is 11.0 Å². The summed E-state index contributed by atoms with van der Waals surface area (Å²) >= 11 is 0. The molecule has 12 nitrogen and oxygen atoms in total. The molecule has 1 saturated heterocycles. The molecule has 1 amide bonds. The van der Waals surface area contributed by atoms with Crippen molar-refractivity contribution in [2.24, 2.45) is 0 Å². The van der Waals surface area contributed by atoms with Crippen molar-refractivity contribution in [1.82, 2.24) is 34.5 Å². The van der Waals surface area contributed by atoms with Gasteiger partial charge in [0.2, 0.25) is 5.91 Å². The number of amides is 1. The predicted molar refractivity (Wildman–Crippen MR) is 142 cm³/mol. The number of anilines is 1. The van der Waals surface area contributed by atoms with Crippen LogP contribution in [0.4, 0.5) is 5.69 Å². The molecule has 204 valence electrons. The van der Waals surface area contributed by atoms with Crippen LogP contribution in [-0.2, 0) is 20.8 Å². The summed E-state index contributed by atoms with van der Waals surface area (Å²) in [5.74, 6) is -0.340. The number of hydrogen-bond donors (Lipinski definition) is 1. The first-order valence-corrected chi connectivity index (χ1v) is 13.1. The summed E-state index contributed by atoms with van der Waals surface area (Å²) in [5, 5.41) is 11.5. The molecule has 1 aliphatic rings. The van der Waals surface area contributed by atoms with Crippen LogP contribution in [0.3, 0.4) is 0 Å². The molecule has 4 aromatic rings. The molecule has 5 rings (SSSR count). The van der Waals surface area contributed by atoms with E-state index in [9.17, 15) is 9.59 Å². The second-order valence-corrected chi connectivity index (χ2v) is 10.0. The molecule has 0 spiro atoms. The predicted octanol–water partition coefficient (Wildman–Crippen LogP) is 3.52. The maximum Gasteiger partial charge on any atom is 0.246 e. The molecule has 0 aliphatic carbocycles. The Morgan fingerprint density at radius 3 is 2.79 bits per heavy atom. The van der Waals surface area contributed by atoms with Crippen molar-refractivity contribution in [2.75, 3.05) is 18.5 Å². The van der Waals surface area contributed by atoms with Gasteiger partial charge in [-0.05, 0) is 38.2 Å². The zero-order valence-corrected chi connectivity index (χ0v) is 22.3. The Hall–Kier alpha value is -4.03. The van der Waals surface area contributed by atoms with Crippen molar-refractivity contribution in [3.63, 3.8) is 0 Å². The highest BCUT2D eigenvalue weighted by Gasteiger charge is 2.22. The van der Waals surface area contributed by atoms with Crippen LogP contribution < -0.4 is 5.32 Å². The van der Waals surface area contributed by atoms with Gasteiger partial charge >= 0.3 is 0 Å². The number of carbonyl (C=O) groups excluding carboxylic acids is 2. The summed E-state index contributed by atoms with van der Waals surface area (Å²) in [6.45, 7) is 7.15. The number of aromatic nitrogens is 7. The molecule has 0 aromatic carbocycles. The molecule has 5 heterocycles. The topological polar surface area (TPSA) is 139 Å². The summed E-state index contributed by atoms with van der Waals surface area (Å²) in [6, 6.07) is 1.51. The van der Waals surface area contributed by atoms with Crippen LogP contribution in [-0.4, -0.2) is 65.7 Å². The molecular formula is C27H32N8O4. The van der Waals surface area contributed by atoms with Gasteiger partial charge in [0, 0.05) is 42.3 Å². The van der Waals surface area contributed by atoms with Crippen LogP contribution in [0.1, 0.15) is 73.6 Å². The first-order valence-electron chi connectivity index (χ1n) is 13.1. The van der Waals surface area contributed by atoms with E-state index in [1.54, 1.807) is 24.7 Å². The number of hydrogen-bond acceptors (Lipinski definition) is 9. The monoisotopic (exact) mass is 532 g/mol. The second kappa shape index (κ2) is 11.8. The molecule has 39 heavy (non-hydrogen) atoms. The maximum absolute atomic E-state index is 13.6. The first-order chi connectivity index (χ1) is 18.9. The zero-order chi connectivity index (χ0) is 27.4. The molecule has 1 fully saturated rings. The summed E-state index contributed by atoms with van der Waals surface area (Å²) in [6.07, 6.45) is 12.4. The lowest BCUT2D eigenvalue weighted by Crippen LogP contribution is -2.25. The van der Waals surface area contributed by atoms with Crippen molar-refractivity contribution in [2.45, 2.75) is 64.8 Å². The fourth-order valence-corrected chi connectivity index (χ4v) is 4.47. The highest BCUT2D eigenvalue weighted by molar-refractivity contribution is 6.16. The third kappa shape index (κ3) is 6.18. The quantitative estimate of drug-likeness (QED) is 0.304. The summed E-state index contributed by atoms with van der Waals surface area (Å²) < 4.78 is 15.1. The molecule has 0 bridgehead atoms. The van der Waals surface area contributed by atoms with Gasteiger partial charge in [-0.15, -0.1) is 5.10 Å². The van der Waals surface area contributed by atoms with Crippen molar-refractivity contribution in [3.8, 4) is 0 Å². The Bertz CT molecular complexity index is 1460. The molecule has 4 aromatic heterocycles. The SMILES string of the molecule is CC(C)c1cn(CC(=O)Nc2cncc(C(=O)c3cn(C(C)COC4CCCCO4)c4ncncc34)c2)nn1. The standard InChI is InChI=1S/C27H32N8O4/c1-17(2)23-13-34(33-32-23)14-24(36)31-20-8-19(9-28-10-20)26(37)22-12-35(27-21(22)11-29-16-30-27)18(3)15-39-25-6-4-5-7-38-25/h8-13,16-18,25H,4-7,14-15H2,1-3H3,(H,31,36). The number of carbonyl (C=O) groups is 2. The molecule has 0 radical (unpaired) electrons. The number of nitrogens with one attached hydrogen (secondary N) is 1. The van der Waals surface area contributed by atoms with Gasteiger partial charge in [0.05, 0.1) is 35.8 Å². The van der Waals surface area contributed by atoms with Crippen LogP contribution in [0.5, 0.6) is 0 Å². The van der Waals surface area contributed by atoms with Crippen molar-refractivity contribution in [1.29, 1.82) is 0 Å². The largest absolute Gasteiger partial charge is 0.353 e. The van der Waals surface area contributed by atoms with Gasteiger partial charge in [-0.2, -0.15) is 0 Å². The molecular weight excluding hydrogens is 500 g/mol. The molecule has 2 unspecified atom stereocenters. The van der Waals surface area contributed by atoms with Crippen molar-refractivity contribution in [3.05, 3.63) is 60.2 Å². The molecule has 12 heteroatoms. The van der Waals surface area contributed by atoms with Crippen molar-refractivity contribution >= 4 is 28.4 Å². The Labute approximate surface area is 225 Å². The summed E-state index contributed by atoms with van der Waals surface area (Å²) in [4.78, 5) is 38.9. The van der Waals surface area contributed by atoms with Gasteiger partial charge in [-0.25, -0.2) is 14.6 Å². The molecule has 1 aliphatic heterocycles. The number of rotatable bonds is 10. The number of ether oxygens (including phenoxy) is 2. The lowest BCUT2D eigenvalue weighted by atomic mass is 10.1.